The molecule has 1 aliphatic heterocycles. The number of carbonyl (C=O) groups is 3. The van der Waals surface area contributed by atoms with Crippen LogP contribution < -0.4 is 20.1 Å². The molecule has 226 valence electrons. The van der Waals surface area contributed by atoms with Gasteiger partial charge in [0, 0.05) is 16.5 Å². The molecule has 1 saturated heterocycles. The molecule has 2 N–H and O–H groups in total. The van der Waals surface area contributed by atoms with Crippen LogP contribution in [0.4, 0.5) is 0 Å². The number of aryl methyl sites for hydroxylation is 1. The fourth-order valence-electron chi connectivity index (χ4n) is 4.92. The number of fused-ring (bicyclic) bond motifs is 1. The number of aromatic nitrogens is 1. The van der Waals surface area contributed by atoms with Gasteiger partial charge < -0.3 is 20.1 Å². The highest BCUT2D eigenvalue weighted by Gasteiger charge is 2.43. The van der Waals surface area contributed by atoms with Crippen molar-refractivity contribution < 1.29 is 32.3 Å². The minimum atomic E-state index is -4.54. The van der Waals surface area contributed by atoms with E-state index in [0.717, 1.165) is 10.1 Å². The van der Waals surface area contributed by atoms with E-state index in [2.05, 4.69) is 15.6 Å². The largest absolute Gasteiger partial charge is 0.493 e. The number of hydrogen-bond donors (Lipinski definition) is 2. The molecule has 0 bridgehead atoms. The quantitative estimate of drug-likeness (QED) is 0.351. The number of pyridine rings is 1. The SMILES string of the molecule is COc1cc2cc(C(=O)NC(CC(C)C)C(=O)N([C@H]3CCCNCC3=O)S(=O)(=O)c3cccc(C)n3)sc2cc1OC. The van der Waals surface area contributed by atoms with Crippen molar-refractivity contribution in [1.29, 1.82) is 0 Å². The Labute approximate surface area is 249 Å². The molecule has 2 aromatic heterocycles. The van der Waals surface area contributed by atoms with Crippen LogP contribution in [0.5, 0.6) is 11.5 Å². The molecule has 0 saturated carbocycles. The lowest BCUT2D eigenvalue weighted by Crippen LogP contribution is -2.56. The van der Waals surface area contributed by atoms with Gasteiger partial charge in [-0.25, -0.2) is 9.29 Å². The average Bonchev–Trinajstić information content (AvgIpc) is 3.26. The summed E-state index contributed by atoms with van der Waals surface area (Å²) in [5, 5.41) is 6.17. The van der Waals surface area contributed by atoms with Crippen molar-refractivity contribution in [1.82, 2.24) is 19.9 Å². The normalized spacial score (nSPS) is 16.6. The molecule has 3 heterocycles. The third-order valence-electron chi connectivity index (χ3n) is 6.95. The van der Waals surface area contributed by atoms with Gasteiger partial charge in [-0.15, -0.1) is 11.3 Å². The number of Topliss-reactive ketones (excluding diaryl/α,β-unsaturated/α-hetero) is 1. The number of carbonyl (C=O) groups excluding carboxylic acids is 3. The van der Waals surface area contributed by atoms with Crippen molar-refractivity contribution in [2.45, 2.75) is 57.1 Å². The maximum atomic E-state index is 14.2. The molecule has 13 heteroatoms. The molecule has 42 heavy (non-hydrogen) atoms. The number of nitrogens with zero attached hydrogens (tertiary/aromatic N) is 2. The number of ketones is 1. The minimum absolute atomic E-state index is 0.0683. The summed E-state index contributed by atoms with van der Waals surface area (Å²) in [6.45, 7) is 5.82. The molecule has 1 unspecified atom stereocenters. The summed E-state index contributed by atoms with van der Waals surface area (Å²) in [6.07, 6.45) is 0.807. The van der Waals surface area contributed by atoms with Gasteiger partial charge >= 0.3 is 0 Å². The molecule has 1 fully saturated rings. The van der Waals surface area contributed by atoms with E-state index in [-0.39, 0.29) is 30.3 Å². The Kier molecular flexibility index (Phi) is 9.85. The van der Waals surface area contributed by atoms with E-state index in [0.29, 0.717) is 39.3 Å². The van der Waals surface area contributed by atoms with Gasteiger partial charge in [-0.2, -0.15) is 8.42 Å². The van der Waals surface area contributed by atoms with Crippen LogP contribution in [0.15, 0.2) is 41.4 Å². The van der Waals surface area contributed by atoms with Crippen LogP contribution in [0.1, 0.15) is 48.5 Å². The first-order chi connectivity index (χ1) is 20.0. The molecule has 4 rings (SSSR count). The zero-order valence-electron chi connectivity index (χ0n) is 24.3. The number of benzene rings is 1. The first kappa shape index (κ1) is 31.4. The molecule has 2 atom stereocenters. The maximum Gasteiger partial charge on any atom is 0.284 e. The van der Waals surface area contributed by atoms with Gasteiger partial charge in [0.25, 0.3) is 21.8 Å². The molecule has 11 nitrogen and oxygen atoms in total. The number of ether oxygens (including phenoxy) is 2. The highest BCUT2D eigenvalue weighted by atomic mass is 32.2. The van der Waals surface area contributed by atoms with Gasteiger partial charge in [-0.3, -0.25) is 14.4 Å². The molecule has 3 aromatic rings. The Balaban J connectivity index is 1.73. The molecular weight excluding hydrogens is 580 g/mol. The van der Waals surface area contributed by atoms with Gasteiger partial charge in [0.15, 0.2) is 22.3 Å². The van der Waals surface area contributed by atoms with Gasteiger partial charge in [-0.05, 0) is 68.3 Å². The highest BCUT2D eigenvalue weighted by Crippen LogP contribution is 2.36. The highest BCUT2D eigenvalue weighted by molar-refractivity contribution is 7.89. The maximum absolute atomic E-state index is 14.2. The van der Waals surface area contributed by atoms with Crippen molar-refractivity contribution in [3.63, 3.8) is 0 Å². The number of rotatable bonds is 10. The molecule has 0 radical (unpaired) electrons. The van der Waals surface area contributed by atoms with E-state index >= 15 is 0 Å². The second-order valence-corrected chi connectivity index (χ2v) is 13.4. The zero-order chi connectivity index (χ0) is 30.6. The van der Waals surface area contributed by atoms with Crippen LogP contribution >= 0.6 is 11.3 Å². The van der Waals surface area contributed by atoms with E-state index in [9.17, 15) is 22.8 Å². The minimum Gasteiger partial charge on any atom is -0.493 e. The van der Waals surface area contributed by atoms with E-state index in [1.165, 1.54) is 37.7 Å². The van der Waals surface area contributed by atoms with Gasteiger partial charge in [0.1, 0.15) is 12.1 Å². The lowest BCUT2D eigenvalue weighted by atomic mass is 10.0. The molecular formula is C29H36N4O7S2. The van der Waals surface area contributed by atoms with Gasteiger partial charge in [0.2, 0.25) is 0 Å². The number of hydrogen-bond acceptors (Lipinski definition) is 10. The van der Waals surface area contributed by atoms with Crippen LogP contribution in [0, 0.1) is 12.8 Å². The Morgan fingerprint density at radius 3 is 2.55 bits per heavy atom. The third-order valence-corrected chi connectivity index (χ3v) is 9.75. The number of methoxy groups -OCH3 is 2. The van der Waals surface area contributed by atoms with Crippen LogP contribution in [0.2, 0.25) is 0 Å². The summed E-state index contributed by atoms with van der Waals surface area (Å²) >= 11 is 1.21. The van der Waals surface area contributed by atoms with E-state index in [1.54, 1.807) is 31.2 Å². The monoisotopic (exact) mass is 616 g/mol. The van der Waals surface area contributed by atoms with Crippen molar-refractivity contribution in [2.24, 2.45) is 5.92 Å². The van der Waals surface area contributed by atoms with Crippen LogP contribution in [-0.2, 0) is 19.6 Å². The standard InChI is InChI=1S/C29H36N4O7S2/c1-17(2)12-20(32-28(35)26-14-19-13-23(39-4)24(40-5)15-25(19)41-26)29(36)33(21-9-7-11-30-16-22(21)34)42(37,38)27-10-6-8-18(3)31-27/h6,8,10,13-15,17,20-21,30H,7,9,11-12,16H2,1-5H3,(H,32,35)/t20?,21-/m0/s1. The zero-order valence-corrected chi connectivity index (χ0v) is 25.9. The topological polar surface area (TPSA) is 144 Å². The Bertz CT molecular complexity index is 1540. The summed E-state index contributed by atoms with van der Waals surface area (Å²) in [5.74, 6) is -0.879. The molecule has 0 aliphatic carbocycles. The molecule has 0 spiro atoms. The predicted octanol–water partition coefficient (Wildman–Crippen LogP) is 3.31. The fourth-order valence-corrected chi connectivity index (χ4v) is 7.52. The van der Waals surface area contributed by atoms with Crippen LogP contribution in [-0.4, -0.2) is 74.7 Å². The molecule has 1 aromatic carbocycles. The summed E-state index contributed by atoms with van der Waals surface area (Å²) in [6, 6.07) is 7.24. The smallest absolute Gasteiger partial charge is 0.284 e. The summed E-state index contributed by atoms with van der Waals surface area (Å²) in [7, 11) is -1.50. The van der Waals surface area contributed by atoms with E-state index in [1.807, 2.05) is 13.8 Å². The van der Waals surface area contributed by atoms with Crippen molar-refractivity contribution in [3.8, 4) is 11.5 Å². The Hall–Kier alpha value is -3.55. The number of thiophene rings is 1. The Morgan fingerprint density at radius 1 is 1.17 bits per heavy atom. The number of sulfonamides is 1. The summed E-state index contributed by atoms with van der Waals surface area (Å²) < 4.78 is 40.2. The van der Waals surface area contributed by atoms with Gasteiger partial charge in [0.05, 0.1) is 25.6 Å². The van der Waals surface area contributed by atoms with Crippen molar-refractivity contribution in [3.05, 3.63) is 47.0 Å². The fraction of sp³-hybridized carbons (Fsp3) is 0.448. The first-order valence-electron chi connectivity index (χ1n) is 13.7. The van der Waals surface area contributed by atoms with Gasteiger partial charge in [-0.1, -0.05) is 19.9 Å². The third kappa shape index (κ3) is 6.74. The first-order valence-corrected chi connectivity index (χ1v) is 15.9. The van der Waals surface area contributed by atoms with E-state index < -0.39 is 39.7 Å². The lowest BCUT2D eigenvalue weighted by molar-refractivity contribution is -0.135. The van der Waals surface area contributed by atoms with Crippen LogP contribution in [0.25, 0.3) is 10.1 Å². The van der Waals surface area contributed by atoms with E-state index in [4.69, 9.17) is 9.47 Å². The molecule has 2 amide bonds. The molecule has 1 aliphatic rings. The number of amides is 2. The van der Waals surface area contributed by atoms with Crippen molar-refractivity contribution in [2.75, 3.05) is 27.3 Å². The lowest BCUT2D eigenvalue weighted by Gasteiger charge is -2.32. The summed E-state index contributed by atoms with van der Waals surface area (Å²) in [4.78, 5) is 45.4. The predicted molar refractivity (Wildman–Crippen MR) is 160 cm³/mol. The van der Waals surface area contributed by atoms with Crippen LogP contribution in [0.3, 0.4) is 0 Å². The average molecular weight is 617 g/mol. The number of nitrogens with one attached hydrogen (secondary N) is 2. The second kappa shape index (κ2) is 13.2. The Morgan fingerprint density at radius 2 is 1.88 bits per heavy atom. The second-order valence-electron chi connectivity index (χ2n) is 10.6. The van der Waals surface area contributed by atoms with Crippen molar-refractivity contribution >= 4 is 49.0 Å². The summed E-state index contributed by atoms with van der Waals surface area (Å²) in [5.41, 5.74) is 0.447.